The number of carbonyl (C=O) groups is 1. The van der Waals surface area contributed by atoms with Gasteiger partial charge in [-0.1, -0.05) is 36.4 Å². The fraction of sp³-hybridized carbons (Fsp3) is 0.211. The monoisotopic (exact) mass is 404 g/mol. The van der Waals surface area contributed by atoms with Crippen molar-refractivity contribution in [2.45, 2.75) is 25.0 Å². The van der Waals surface area contributed by atoms with E-state index in [1.165, 1.54) is 23.9 Å². The third-order valence-electron chi connectivity index (χ3n) is 3.71. The van der Waals surface area contributed by atoms with Gasteiger partial charge in [-0.2, -0.15) is 0 Å². The van der Waals surface area contributed by atoms with Crippen molar-refractivity contribution in [2.24, 2.45) is 0 Å². The summed E-state index contributed by atoms with van der Waals surface area (Å²) in [6.45, 7) is 2.80. The summed E-state index contributed by atoms with van der Waals surface area (Å²) in [5.41, 5.74) is 1.34. The first-order valence-electron chi connectivity index (χ1n) is 8.44. The molecule has 0 spiro atoms. The fourth-order valence-electron chi connectivity index (χ4n) is 2.53. The zero-order valence-corrected chi connectivity index (χ0v) is 16.2. The summed E-state index contributed by atoms with van der Waals surface area (Å²) in [6.07, 6.45) is 0.904. The number of aromatic nitrogens is 3. The number of nitrogens with zero attached hydrogens (tertiary/aromatic N) is 3. The van der Waals surface area contributed by atoms with Crippen LogP contribution in [0, 0.1) is 5.82 Å². The Hall–Kier alpha value is -2.38. The Morgan fingerprint density at radius 3 is 2.70 bits per heavy atom. The Morgan fingerprint density at radius 1 is 1.22 bits per heavy atom. The fourth-order valence-corrected chi connectivity index (χ4v) is 3.42. The molecule has 140 valence electrons. The number of amides is 1. The maximum Gasteiger partial charge on any atom is 0.234 e. The third-order valence-corrected chi connectivity index (χ3v) is 4.93. The molecule has 1 N–H and O–H groups in total. The minimum atomic E-state index is -0.393. The molecule has 2 aromatic carbocycles. The van der Waals surface area contributed by atoms with Crippen LogP contribution in [0.5, 0.6) is 0 Å². The Balaban J connectivity index is 1.71. The van der Waals surface area contributed by atoms with Gasteiger partial charge in [-0.15, -0.1) is 10.2 Å². The molecule has 1 heterocycles. The zero-order valence-electron chi connectivity index (χ0n) is 14.7. The van der Waals surface area contributed by atoms with Gasteiger partial charge in [0.25, 0.3) is 0 Å². The molecular weight excluding hydrogens is 387 g/mol. The molecule has 0 saturated carbocycles. The Morgan fingerprint density at radius 2 is 2.00 bits per heavy atom. The highest BCUT2D eigenvalue weighted by Crippen LogP contribution is 2.25. The van der Waals surface area contributed by atoms with Gasteiger partial charge in [0, 0.05) is 22.8 Å². The second-order valence-corrected chi connectivity index (χ2v) is 7.19. The molecular formula is C19H18ClFN4OS. The number of thioether (sulfide) groups is 1. The summed E-state index contributed by atoms with van der Waals surface area (Å²) in [5.74, 6) is 0.265. The van der Waals surface area contributed by atoms with Crippen molar-refractivity contribution >= 4 is 35.0 Å². The lowest BCUT2D eigenvalue weighted by Gasteiger charge is -2.09. The van der Waals surface area contributed by atoms with Crippen molar-refractivity contribution in [1.29, 1.82) is 0 Å². The lowest BCUT2D eigenvalue weighted by molar-refractivity contribution is -0.113. The van der Waals surface area contributed by atoms with E-state index in [1.807, 2.05) is 16.7 Å². The molecule has 27 heavy (non-hydrogen) atoms. The van der Waals surface area contributed by atoms with Gasteiger partial charge in [0.05, 0.1) is 5.75 Å². The summed E-state index contributed by atoms with van der Waals surface area (Å²) < 4.78 is 15.2. The number of rotatable bonds is 7. The summed E-state index contributed by atoms with van der Waals surface area (Å²) in [4.78, 5) is 12.2. The van der Waals surface area contributed by atoms with Crippen molar-refractivity contribution < 1.29 is 9.18 Å². The largest absolute Gasteiger partial charge is 0.325 e. The maximum atomic E-state index is 13.2. The summed E-state index contributed by atoms with van der Waals surface area (Å²) in [5, 5.41) is 12.5. The van der Waals surface area contributed by atoms with Gasteiger partial charge < -0.3 is 9.88 Å². The number of nitrogens with one attached hydrogen (secondary N) is 1. The van der Waals surface area contributed by atoms with Crippen LogP contribution in [0.1, 0.15) is 13.3 Å². The van der Waals surface area contributed by atoms with E-state index in [0.29, 0.717) is 15.9 Å². The SMILES string of the molecule is CCCn1c(SCC(=O)Nc2cccc(F)c2)nnc1-c1ccc(Cl)cc1. The first-order valence-corrected chi connectivity index (χ1v) is 9.80. The van der Waals surface area contributed by atoms with Gasteiger partial charge in [-0.05, 0) is 48.9 Å². The number of hydrogen-bond acceptors (Lipinski definition) is 4. The van der Waals surface area contributed by atoms with Crippen LogP contribution in [0.15, 0.2) is 53.7 Å². The molecule has 0 radical (unpaired) electrons. The molecule has 0 saturated heterocycles. The minimum absolute atomic E-state index is 0.152. The maximum absolute atomic E-state index is 13.2. The number of benzene rings is 2. The van der Waals surface area contributed by atoms with Crippen LogP contribution in [-0.4, -0.2) is 26.4 Å². The van der Waals surface area contributed by atoms with Crippen LogP contribution in [0.25, 0.3) is 11.4 Å². The van der Waals surface area contributed by atoms with Gasteiger partial charge in [-0.25, -0.2) is 4.39 Å². The molecule has 1 aromatic heterocycles. The molecule has 1 amide bonds. The summed E-state index contributed by atoms with van der Waals surface area (Å²) >= 11 is 7.25. The minimum Gasteiger partial charge on any atom is -0.325 e. The van der Waals surface area contributed by atoms with Crippen LogP contribution < -0.4 is 5.32 Å². The first kappa shape index (κ1) is 19.4. The van der Waals surface area contributed by atoms with Crippen LogP contribution >= 0.6 is 23.4 Å². The van der Waals surface area contributed by atoms with E-state index < -0.39 is 5.82 Å². The average Bonchev–Trinajstić information content (AvgIpc) is 3.04. The third kappa shape index (κ3) is 5.08. The number of carbonyl (C=O) groups excluding carboxylic acids is 1. The second kappa shape index (κ2) is 9.01. The number of halogens is 2. The van der Waals surface area contributed by atoms with E-state index >= 15 is 0 Å². The molecule has 3 aromatic rings. The van der Waals surface area contributed by atoms with E-state index in [9.17, 15) is 9.18 Å². The molecule has 5 nitrogen and oxygen atoms in total. The molecule has 0 aliphatic heterocycles. The van der Waals surface area contributed by atoms with Crippen LogP contribution in [0.3, 0.4) is 0 Å². The molecule has 0 aliphatic rings. The van der Waals surface area contributed by atoms with E-state index in [2.05, 4.69) is 22.4 Å². The normalized spacial score (nSPS) is 10.8. The van der Waals surface area contributed by atoms with Gasteiger partial charge in [0.15, 0.2) is 11.0 Å². The van der Waals surface area contributed by atoms with Crippen LogP contribution in [0.2, 0.25) is 5.02 Å². The highest BCUT2D eigenvalue weighted by atomic mass is 35.5. The molecule has 0 atom stereocenters. The Kier molecular flexibility index (Phi) is 6.47. The summed E-state index contributed by atoms with van der Waals surface area (Å²) in [6, 6.07) is 13.2. The van der Waals surface area contributed by atoms with Gasteiger partial charge >= 0.3 is 0 Å². The van der Waals surface area contributed by atoms with Crippen molar-refractivity contribution in [1.82, 2.24) is 14.8 Å². The number of hydrogen-bond donors (Lipinski definition) is 1. The first-order chi connectivity index (χ1) is 13.1. The topological polar surface area (TPSA) is 59.8 Å². The van der Waals surface area contributed by atoms with Gasteiger partial charge in [0.2, 0.25) is 5.91 Å². The molecule has 3 rings (SSSR count). The van der Waals surface area contributed by atoms with Gasteiger partial charge in [0.1, 0.15) is 5.82 Å². The van der Waals surface area contributed by atoms with E-state index in [1.54, 1.807) is 24.3 Å². The highest BCUT2D eigenvalue weighted by molar-refractivity contribution is 7.99. The Bertz CT molecular complexity index is 930. The van der Waals surface area contributed by atoms with Crippen molar-refractivity contribution in [2.75, 3.05) is 11.1 Å². The molecule has 8 heteroatoms. The highest BCUT2D eigenvalue weighted by Gasteiger charge is 2.15. The molecule has 0 aliphatic carbocycles. The van der Waals surface area contributed by atoms with Crippen LogP contribution in [0.4, 0.5) is 10.1 Å². The van der Waals surface area contributed by atoms with Crippen LogP contribution in [-0.2, 0) is 11.3 Å². The molecule has 0 unspecified atom stereocenters. The standard InChI is InChI=1S/C19H18ClFN4OS/c1-2-10-25-18(13-6-8-14(20)9-7-13)23-24-19(25)27-12-17(26)22-16-5-3-4-15(21)11-16/h3-9,11H,2,10,12H2,1H3,(H,22,26). The lowest BCUT2D eigenvalue weighted by atomic mass is 10.2. The zero-order chi connectivity index (χ0) is 19.2. The predicted octanol–water partition coefficient (Wildman–Crippen LogP) is 4.88. The lowest BCUT2D eigenvalue weighted by Crippen LogP contribution is -2.14. The second-order valence-electron chi connectivity index (χ2n) is 5.81. The van der Waals surface area contributed by atoms with Crippen molar-refractivity contribution in [3.8, 4) is 11.4 Å². The molecule has 0 bridgehead atoms. The van der Waals surface area contributed by atoms with Crippen molar-refractivity contribution in [3.63, 3.8) is 0 Å². The van der Waals surface area contributed by atoms with E-state index in [4.69, 9.17) is 11.6 Å². The van der Waals surface area contributed by atoms with Gasteiger partial charge in [-0.3, -0.25) is 4.79 Å². The van der Waals surface area contributed by atoms with E-state index in [-0.39, 0.29) is 11.7 Å². The molecule has 0 fully saturated rings. The Labute approximate surface area is 166 Å². The van der Waals surface area contributed by atoms with E-state index in [0.717, 1.165) is 24.4 Å². The quantitative estimate of drug-likeness (QED) is 0.570. The smallest absolute Gasteiger partial charge is 0.234 e. The van der Waals surface area contributed by atoms with Crippen molar-refractivity contribution in [3.05, 3.63) is 59.4 Å². The summed E-state index contributed by atoms with van der Waals surface area (Å²) in [7, 11) is 0. The average molecular weight is 405 g/mol. The number of anilines is 1. The predicted molar refractivity (Wildman–Crippen MR) is 107 cm³/mol.